The van der Waals surface area contributed by atoms with E-state index in [1.807, 2.05) is 6.92 Å². The monoisotopic (exact) mass is 295 g/mol. The van der Waals surface area contributed by atoms with Crippen molar-refractivity contribution in [3.63, 3.8) is 0 Å². The number of fused-ring (bicyclic) bond motifs is 2. The second-order valence-electron chi connectivity index (χ2n) is 6.78. The molecule has 2 saturated heterocycles. The second-order valence-corrected chi connectivity index (χ2v) is 6.78. The number of likely N-dealkylation sites (N-methyl/N-ethyl adjacent to an activating group) is 1. The Morgan fingerprint density at radius 2 is 1.71 bits per heavy atom. The van der Waals surface area contributed by atoms with Gasteiger partial charge in [0.1, 0.15) is 0 Å². The van der Waals surface area contributed by atoms with Crippen LogP contribution in [-0.2, 0) is 9.59 Å². The van der Waals surface area contributed by atoms with Gasteiger partial charge in [-0.1, -0.05) is 6.92 Å². The SMILES string of the molecule is CCCN(CC(=O)N(C)C)C(=O)CC1CC2CCC(C1)N2. The third-order valence-electron chi connectivity index (χ3n) is 4.71. The van der Waals surface area contributed by atoms with Crippen LogP contribution in [0.5, 0.6) is 0 Å². The molecule has 0 aromatic carbocycles. The van der Waals surface area contributed by atoms with Crippen LogP contribution in [0.3, 0.4) is 0 Å². The summed E-state index contributed by atoms with van der Waals surface area (Å²) in [4.78, 5) is 27.7. The highest BCUT2D eigenvalue weighted by Crippen LogP contribution is 2.32. The lowest BCUT2D eigenvalue weighted by Gasteiger charge is -2.31. The zero-order valence-electron chi connectivity index (χ0n) is 13.6. The van der Waals surface area contributed by atoms with E-state index in [0.29, 0.717) is 31.0 Å². The number of amides is 2. The van der Waals surface area contributed by atoms with E-state index in [-0.39, 0.29) is 18.4 Å². The summed E-state index contributed by atoms with van der Waals surface area (Å²) in [6, 6.07) is 1.23. The summed E-state index contributed by atoms with van der Waals surface area (Å²) < 4.78 is 0. The summed E-state index contributed by atoms with van der Waals surface area (Å²) in [7, 11) is 3.48. The molecule has 2 amide bonds. The van der Waals surface area contributed by atoms with Crippen molar-refractivity contribution >= 4 is 11.8 Å². The standard InChI is InChI=1S/C16H29N3O2/c1-4-7-19(11-16(21)18(2)3)15(20)10-12-8-13-5-6-14(9-12)17-13/h12-14,17H,4-11H2,1-3H3. The third kappa shape index (κ3) is 4.43. The van der Waals surface area contributed by atoms with Gasteiger partial charge in [0.05, 0.1) is 6.54 Å². The van der Waals surface area contributed by atoms with Crippen LogP contribution in [0, 0.1) is 5.92 Å². The van der Waals surface area contributed by atoms with Gasteiger partial charge in [-0.25, -0.2) is 0 Å². The molecule has 120 valence electrons. The minimum atomic E-state index is 0.00202. The summed E-state index contributed by atoms with van der Waals surface area (Å²) in [5, 5.41) is 3.61. The number of rotatable bonds is 6. The minimum absolute atomic E-state index is 0.00202. The van der Waals surface area contributed by atoms with Crippen LogP contribution in [0.15, 0.2) is 0 Å². The van der Waals surface area contributed by atoms with E-state index in [2.05, 4.69) is 5.32 Å². The zero-order chi connectivity index (χ0) is 15.4. The molecule has 0 saturated carbocycles. The van der Waals surface area contributed by atoms with Crippen molar-refractivity contribution in [2.24, 2.45) is 5.92 Å². The topological polar surface area (TPSA) is 52.7 Å². The molecule has 2 rings (SSSR count). The average molecular weight is 295 g/mol. The highest BCUT2D eigenvalue weighted by Gasteiger charge is 2.34. The molecule has 2 heterocycles. The lowest BCUT2D eigenvalue weighted by atomic mass is 9.89. The smallest absolute Gasteiger partial charge is 0.241 e. The molecule has 2 aliphatic heterocycles. The Morgan fingerprint density at radius 1 is 1.10 bits per heavy atom. The molecule has 0 aromatic heterocycles. The Labute approximate surface area is 128 Å². The van der Waals surface area contributed by atoms with Crippen LogP contribution in [0.25, 0.3) is 0 Å². The second kappa shape index (κ2) is 7.25. The van der Waals surface area contributed by atoms with Crippen LogP contribution in [0.2, 0.25) is 0 Å². The first-order valence-corrected chi connectivity index (χ1v) is 8.23. The maximum Gasteiger partial charge on any atom is 0.241 e. The Balaban J connectivity index is 1.87. The number of nitrogens with one attached hydrogen (secondary N) is 1. The van der Waals surface area contributed by atoms with Gasteiger partial charge in [0.15, 0.2) is 0 Å². The summed E-state index contributed by atoms with van der Waals surface area (Å²) in [6.07, 6.45) is 6.24. The molecular formula is C16H29N3O2. The normalized spacial score (nSPS) is 27.5. The molecule has 1 N–H and O–H groups in total. The predicted octanol–water partition coefficient (Wildman–Crippen LogP) is 1.23. The van der Waals surface area contributed by atoms with Crippen molar-refractivity contribution in [1.29, 1.82) is 0 Å². The van der Waals surface area contributed by atoms with Crippen molar-refractivity contribution in [2.45, 2.75) is 57.5 Å². The van der Waals surface area contributed by atoms with Crippen molar-refractivity contribution in [1.82, 2.24) is 15.1 Å². The van der Waals surface area contributed by atoms with E-state index in [1.165, 1.54) is 12.8 Å². The number of carbonyl (C=O) groups excluding carboxylic acids is 2. The van der Waals surface area contributed by atoms with E-state index in [4.69, 9.17) is 0 Å². The van der Waals surface area contributed by atoms with E-state index in [1.54, 1.807) is 23.9 Å². The number of carbonyl (C=O) groups is 2. The van der Waals surface area contributed by atoms with Crippen LogP contribution < -0.4 is 5.32 Å². The zero-order valence-corrected chi connectivity index (χ0v) is 13.6. The molecule has 0 aliphatic carbocycles. The van der Waals surface area contributed by atoms with Gasteiger partial charge in [-0.3, -0.25) is 9.59 Å². The van der Waals surface area contributed by atoms with Gasteiger partial charge in [-0.2, -0.15) is 0 Å². The van der Waals surface area contributed by atoms with Crippen molar-refractivity contribution in [2.75, 3.05) is 27.2 Å². The first-order chi connectivity index (χ1) is 9.99. The van der Waals surface area contributed by atoms with E-state index in [0.717, 1.165) is 19.3 Å². The molecule has 5 nitrogen and oxygen atoms in total. The van der Waals surface area contributed by atoms with Crippen molar-refractivity contribution in [3.05, 3.63) is 0 Å². The van der Waals surface area contributed by atoms with Crippen LogP contribution in [0.1, 0.15) is 45.4 Å². The molecule has 5 heteroatoms. The molecule has 21 heavy (non-hydrogen) atoms. The number of nitrogens with zero attached hydrogens (tertiary/aromatic N) is 2. The fourth-order valence-corrected chi connectivity index (χ4v) is 3.58. The Hall–Kier alpha value is -1.10. The first-order valence-electron chi connectivity index (χ1n) is 8.23. The van der Waals surface area contributed by atoms with Crippen molar-refractivity contribution in [3.8, 4) is 0 Å². The van der Waals surface area contributed by atoms with Gasteiger partial charge < -0.3 is 15.1 Å². The van der Waals surface area contributed by atoms with Crippen LogP contribution in [0.4, 0.5) is 0 Å². The third-order valence-corrected chi connectivity index (χ3v) is 4.71. The van der Waals surface area contributed by atoms with Gasteiger partial charge in [0.2, 0.25) is 11.8 Å². The fraction of sp³-hybridized carbons (Fsp3) is 0.875. The Kier molecular flexibility index (Phi) is 5.62. The number of hydrogen-bond donors (Lipinski definition) is 1. The molecule has 0 radical (unpaired) electrons. The summed E-state index contributed by atoms with van der Waals surface area (Å²) >= 11 is 0. The molecule has 2 atom stereocenters. The number of hydrogen-bond acceptors (Lipinski definition) is 3. The summed E-state index contributed by atoms with van der Waals surface area (Å²) in [6.45, 7) is 2.94. The van der Waals surface area contributed by atoms with Gasteiger partial charge >= 0.3 is 0 Å². The minimum Gasteiger partial charge on any atom is -0.347 e. The average Bonchev–Trinajstić information content (AvgIpc) is 2.77. The molecule has 2 bridgehead atoms. The van der Waals surface area contributed by atoms with E-state index >= 15 is 0 Å². The molecule has 2 fully saturated rings. The van der Waals surface area contributed by atoms with Gasteiger partial charge in [-0.15, -0.1) is 0 Å². The molecule has 0 spiro atoms. The molecule has 0 aromatic rings. The quantitative estimate of drug-likeness (QED) is 0.802. The maximum absolute atomic E-state index is 12.5. The Bertz CT molecular complexity index is 372. The number of piperidine rings is 1. The summed E-state index contributed by atoms with van der Waals surface area (Å²) in [5.41, 5.74) is 0. The van der Waals surface area contributed by atoms with Crippen LogP contribution >= 0.6 is 0 Å². The fourth-order valence-electron chi connectivity index (χ4n) is 3.58. The molecule has 2 aliphatic rings. The van der Waals surface area contributed by atoms with Gasteiger partial charge in [0.25, 0.3) is 0 Å². The Morgan fingerprint density at radius 3 is 2.24 bits per heavy atom. The molecular weight excluding hydrogens is 266 g/mol. The highest BCUT2D eigenvalue weighted by molar-refractivity contribution is 5.84. The van der Waals surface area contributed by atoms with Gasteiger partial charge in [0, 0.05) is 39.1 Å². The lowest BCUT2D eigenvalue weighted by Crippen LogP contribution is -2.43. The highest BCUT2D eigenvalue weighted by atomic mass is 16.2. The van der Waals surface area contributed by atoms with Gasteiger partial charge in [-0.05, 0) is 38.0 Å². The maximum atomic E-state index is 12.5. The summed E-state index contributed by atoms with van der Waals surface area (Å²) in [5.74, 6) is 0.644. The van der Waals surface area contributed by atoms with Crippen molar-refractivity contribution < 1.29 is 9.59 Å². The largest absolute Gasteiger partial charge is 0.347 e. The predicted molar refractivity (Wildman–Crippen MR) is 82.9 cm³/mol. The van der Waals surface area contributed by atoms with E-state index in [9.17, 15) is 9.59 Å². The lowest BCUT2D eigenvalue weighted by molar-refractivity contribution is -0.140. The molecule has 2 unspecified atom stereocenters. The van der Waals surface area contributed by atoms with E-state index < -0.39 is 0 Å². The first kappa shape index (κ1) is 16.3. The van der Waals surface area contributed by atoms with Crippen LogP contribution in [-0.4, -0.2) is 60.9 Å².